The van der Waals surface area contributed by atoms with Gasteiger partial charge in [0.15, 0.2) is 0 Å². The number of sulfonamides is 1. The Balaban J connectivity index is 1.70. The van der Waals surface area contributed by atoms with Gasteiger partial charge in [-0.3, -0.25) is 4.79 Å². The van der Waals surface area contributed by atoms with Gasteiger partial charge in [0.1, 0.15) is 0 Å². The summed E-state index contributed by atoms with van der Waals surface area (Å²) >= 11 is 0. The van der Waals surface area contributed by atoms with Crippen molar-refractivity contribution in [3.8, 4) is 0 Å². The Kier molecular flexibility index (Phi) is 6.05. The highest BCUT2D eigenvalue weighted by atomic mass is 32.2. The Morgan fingerprint density at radius 2 is 1.71 bits per heavy atom. The van der Waals surface area contributed by atoms with Crippen molar-refractivity contribution in [2.75, 3.05) is 37.4 Å². The molecule has 1 amide bonds. The maximum Gasteiger partial charge on any atom is 0.255 e. The van der Waals surface area contributed by atoms with Crippen molar-refractivity contribution in [1.29, 1.82) is 0 Å². The van der Waals surface area contributed by atoms with Gasteiger partial charge < -0.3 is 10.2 Å². The Labute approximate surface area is 167 Å². The van der Waals surface area contributed by atoms with Crippen LogP contribution in [0.15, 0.2) is 53.4 Å². The molecule has 0 atom stereocenters. The van der Waals surface area contributed by atoms with E-state index in [1.165, 1.54) is 39.1 Å². The lowest BCUT2D eigenvalue weighted by molar-refractivity contribution is 0.102. The SMILES string of the molecule is CC1CCN(c2ccc(NC(=O)c3cccc(S(=O)(=O)N(C)C)c3)cc2)CC1. The van der Waals surface area contributed by atoms with Crippen LogP contribution in [-0.4, -0.2) is 45.8 Å². The lowest BCUT2D eigenvalue weighted by Crippen LogP contribution is -2.32. The summed E-state index contributed by atoms with van der Waals surface area (Å²) in [6.45, 7) is 4.40. The molecular weight excluding hydrogens is 374 g/mol. The number of rotatable bonds is 5. The van der Waals surface area contributed by atoms with E-state index in [-0.39, 0.29) is 10.8 Å². The molecule has 0 saturated carbocycles. The highest BCUT2D eigenvalue weighted by Gasteiger charge is 2.19. The Bertz CT molecular complexity index is 932. The van der Waals surface area contributed by atoms with Crippen LogP contribution in [-0.2, 0) is 10.0 Å². The molecule has 2 aromatic carbocycles. The summed E-state index contributed by atoms with van der Waals surface area (Å²) in [4.78, 5) is 15.0. The fourth-order valence-corrected chi connectivity index (χ4v) is 4.18. The van der Waals surface area contributed by atoms with Crippen LogP contribution < -0.4 is 10.2 Å². The first kappa shape index (κ1) is 20.4. The summed E-state index contributed by atoms with van der Waals surface area (Å²) in [5, 5.41) is 2.84. The first-order valence-corrected chi connectivity index (χ1v) is 10.9. The summed E-state index contributed by atoms with van der Waals surface area (Å²) in [6, 6.07) is 13.8. The fraction of sp³-hybridized carbons (Fsp3) is 0.381. The zero-order valence-electron chi connectivity index (χ0n) is 16.6. The van der Waals surface area contributed by atoms with Gasteiger partial charge in [0.25, 0.3) is 5.91 Å². The molecule has 6 nitrogen and oxygen atoms in total. The summed E-state index contributed by atoms with van der Waals surface area (Å²) in [5.41, 5.74) is 2.14. The third-order valence-corrected chi connectivity index (χ3v) is 6.96. The average molecular weight is 402 g/mol. The molecule has 0 unspecified atom stereocenters. The molecule has 0 aromatic heterocycles. The molecule has 2 aromatic rings. The van der Waals surface area contributed by atoms with Crippen molar-refractivity contribution in [1.82, 2.24) is 4.31 Å². The monoisotopic (exact) mass is 401 g/mol. The van der Waals surface area contributed by atoms with Crippen molar-refractivity contribution in [3.05, 3.63) is 54.1 Å². The molecule has 3 rings (SSSR count). The van der Waals surface area contributed by atoms with E-state index in [1.807, 2.05) is 24.3 Å². The number of hydrogen-bond acceptors (Lipinski definition) is 4. The van der Waals surface area contributed by atoms with E-state index >= 15 is 0 Å². The number of nitrogens with one attached hydrogen (secondary N) is 1. The second kappa shape index (κ2) is 8.32. The standard InChI is InChI=1S/C21H27N3O3S/c1-16-11-13-24(14-12-16)19-9-7-18(8-10-19)22-21(25)17-5-4-6-20(15-17)28(26,27)23(2)3/h4-10,15-16H,11-14H2,1-3H3,(H,22,25). The quantitative estimate of drug-likeness (QED) is 0.833. The molecular formula is C21H27N3O3S. The first-order valence-electron chi connectivity index (χ1n) is 9.46. The number of amides is 1. The lowest BCUT2D eigenvalue weighted by atomic mass is 9.99. The van der Waals surface area contributed by atoms with E-state index in [0.29, 0.717) is 11.3 Å². The van der Waals surface area contributed by atoms with Gasteiger partial charge in [-0.05, 0) is 61.2 Å². The second-order valence-electron chi connectivity index (χ2n) is 7.49. The maximum atomic E-state index is 12.6. The average Bonchev–Trinajstić information content (AvgIpc) is 2.69. The molecule has 1 saturated heterocycles. The minimum Gasteiger partial charge on any atom is -0.372 e. The van der Waals surface area contributed by atoms with Crippen molar-refractivity contribution < 1.29 is 13.2 Å². The van der Waals surface area contributed by atoms with Crippen LogP contribution in [0.25, 0.3) is 0 Å². The van der Waals surface area contributed by atoms with Crippen molar-refractivity contribution in [2.24, 2.45) is 5.92 Å². The second-order valence-corrected chi connectivity index (χ2v) is 9.64. The summed E-state index contributed by atoms with van der Waals surface area (Å²) in [7, 11) is -0.650. The third-order valence-electron chi connectivity index (χ3n) is 5.15. The van der Waals surface area contributed by atoms with Gasteiger partial charge >= 0.3 is 0 Å². The van der Waals surface area contributed by atoms with Crippen LogP contribution in [0.5, 0.6) is 0 Å². The minimum atomic E-state index is -3.58. The summed E-state index contributed by atoms with van der Waals surface area (Å²) in [6.07, 6.45) is 2.40. The largest absolute Gasteiger partial charge is 0.372 e. The highest BCUT2D eigenvalue weighted by Crippen LogP contribution is 2.24. The number of nitrogens with zero attached hydrogens (tertiary/aromatic N) is 2. The van der Waals surface area contributed by atoms with Crippen molar-refractivity contribution >= 4 is 27.3 Å². The molecule has 7 heteroatoms. The molecule has 28 heavy (non-hydrogen) atoms. The van der Waals surface area contributed by atoms with Gasteiger partial charge in [-0.2, -0.15) is 0 Å². The number of benzene rings is 2. The van der Waals surface area contributed by atoms with Gasteiger partial charge in [-0.15, -0.1) is 0 Å². The molecule has 0 aliphatic carbocycles. The molecule has 0 bridgehead atoms. The Hall–Kier alpha value is -2.38. The number of piperidine rings is 1. The highest BCUT2D eigenvalue weighted by molar-refractivity contribution is 7.89. The lowest BCUT2D eigenvalue weighted by Gasteiger charge is -2.32. The van der Waals surface area contributed by atoms with Gasteiger partial charge in [-0.1, -0.05) is 13.0 Å². The number of anilines is 2. The molecule has 0 spiro atoms. The van der Waals surface area contributed by atoms with Crippen LogP contribution in [0.4, 0.5) is 11.4 Å². The molecule has 1 heterocycles. The topological polar surface area (TPSA) is 69.7 Å². The van der Waals surface area contributed by atoms with Crippen LogP contribution in [0.1, 0.15) is 30.1 Å². The summed E-state index contributed by atoms with van der Waals surface area (Å²) < 4.78 is 25.7. The van der Waals surface area contributed by atoms with Crippen LogP contribution in [0.2, 0.25) is 0 Å². The first-order chi connectivity index (χ1) is 13.3. The van der Waals surface area contributed by atoms with E-state index in [0.717, 1.165) is 29.0 Å². The van der Waals surface area contributed by atoms with Crippen LogP contribution in [0.3, 0.4) is 0 Å². The van der Waals surface area contributed by atoms with Gasteiger partial charge in [0.2, 0.25) is 10.0 Å². The Morgan fingerprint density at radius 3 is 2.32 bits per heavy atom. The number of carbonyl (C=O) groups excluding carboxylic acids is 1. The predicted molar refractivity (Wildman–Crippen MR) is 112 cm³/mol. The number of carbonyl (C=O) groups is 1. The smallest absolute Gasteiger partial charge is 0.255 e. The molecule has 0 radical (unpaired) electrons. The van der Waals surface area contributed by atoms with Crippen LogP contribution in [0, 0.1) is 5.92 Å². The van der Waals surface area contributed by atoms with Gasteiger partial charge in [0.05, 0.1) is 4.90 Å². The minimum absolute atomic E-state index is 0.0971. The number of hydrogen-bond donors (Lipinski definition) is 1. The maximum absolute atomic E-state index is 12.6. The van der Waals surface area contributed by atoms with E-state index in [4.69, 9.17) is 0 Å². The zero-order chi connectivity index (χ0) is 20.3. The van der Waals surface area contributed by atoms with E-state index in [9.17, 15) is 13.2 Å². The molecule has 1 aliphatic heterocycles. The van der Waals surface area contributed by atoms with Crippen molar-refractivity contribution in [2.45, 2.75) is 24.7 Å². The Morgan fingerprint density at radius 1 is 1.07 bits per heavy atom. The van der Waals surface area contributed by atoms with Gasteiger partial charge in [-0.25, -0.2) is 12.7 Å². The van der Waals surface area contributed by atoms with Crippen LogP contribution >= 0.6 is 0 Å². The fourth-order valence-electron chi connectivity index (χ4n) is 3.23. The van der Waals surface area contributed by atoms with E-state index < -0.39 is 10.0 Å². The van der Waals surface area contributed by atoms with Gasteiger partial charge in [0, 0.05) is 44.1 Å². The predicted octanol–water partition coefficient (Wildman–Crippen LogP) is 3.43. The van der Waals surface area contributed by atoms with E-state index in [2.05, 4.69) is 17.1 Å². The molecule has 150 valence electrons. The zero-order valence-corrected chi connectivity index (χ0v) is 17.4. The van der Waals surface area contributed by atoms with Crippen molar-refractivity contribution in [3.63, 3.8) is 0 Å². The molecule has 1 aliphatic rings. The van der Waals surface area contributed by atoms with E-state index in [1.54, 1.807) is 12.1 Å². The molecule has 1 fully saturated rings. The summed E-state index contributed by atoms with van der Waals surface area (Å²) in [5.74, 6) is 0.442. The molecule has 1 N–H and O–H groups in total. The third kappa shape index (κ3) is 4.54. The normalized spacial score (nSPS) is 15.6.